The van der Waals surface area contributed by atoms with E-state index < -0.39 is 22.0 Å². The number of fused-ring (bicyclic) bond motifs is 2. The Bertz CT molecular complexity index is 1160. The highest BCUT2D eigenvalue weighted by atomic mass is 32.2. The molecule has 31 heavy (non-hydrogen) atoms. The van der Waals surface area contributed by atoms with Gasteiger partial charge >= 0.3 is 5.97 Å². The molecule has 2 aromatic rings. The topological polar surface area (TPSA) is 102 Å². The number of esters is 1. The van der Waals surface area contributed by atoms with Crippen LogP contribution in [-0.4, -0.2) is 69.8 Å². The van der Waals surface area contributed by atoms with Crippen LogP contribution in [0.1, 0.15) is 32.5 Å². The van der Waals surface area contributed by atoms with Crippen LogP contribution in [0, 0.1) is 0 Å². The third kappa shape index (κ3) is 3.62. The minimum Gasteiger partial charge on any atom is -0.456 e. The summed E-state index contributed by atoms with van der Waals surface area (Å²) in [6.07, 6.45) is 1.20. The molecule has 9 nitrogen and oxygen atoms in total. The molecule has 0 aliphatic carbocycles. The summed E-state index contributed by atoms with van der Waals surface area (Å²) in [6, 6.07) is 4.22. The molecule has 1 aromatic heterocycles. The van der Waals surface area contributed by atoms with E-state index in [1.165, 1.54) is 20.2 Å². The maximum atomic E-state index is 12.8. The molecule has 11 heteroatoms. The number of thioether (sulfide) groups is 1. The SMILES string of the molecule is CCn1c(COC(=O)[C@@H]2CS[C@]3(C)CCC(=O)N23)nc2cc(S(=O)(=O)N(C)C)ccc21. The Morgan fingerprint density at radius 2 is 2.13 bits per heavy atom. The number of rotatable bonds is 6. The average molecular weight is 467 g/mol. The van der Waals surface area contributed by atoms with Gasteiger partial charge in [-0.25, -0.2) is 22.5 Å². The minimum absolute atomic E-state index is 0.00937. The normalized spacial score (nSPS) is 23.7. The Labute approximate surface area is 185 Å². The maximum absolute atomic E-state index is 12.8. The van der Waals surface area contributed by atoms with Gasteiger partial charge in [-0.1, -0.05) is 0 Å². The standard InChI is InChI=1S/C20H26N4O5S2/c1-5-23-15-7-6-13(31(27,28)22(3)4)10-14(15)21-17(23)11-29-19(26)16-12-30-20(2)9-8-18(25)24(16)20/h6-7,10,16H,5,8-9,11-12H2,1-4H3/t16-,20+/m0/s1. The molecule has 1 aromatic carbocycles. The Hall–Kier alpha value is -2.11. The summed E-state index contributed by atoms with van der Waals surface area (Å²) in [4.78, 5) is 31.1. The zero-order valence-electron chi connectivity index (χ0n) is 18.0. The first-order chi connectivity index (χ1) is 14.6. The van der Waals surface area contributed by atoms with Crippen LogP contribution >= 0.6 is 11.8 Å². The Kier molecular flexibility index (Phi) is 5.55. The second kappa shape index (κ2) is 7.79. The van der Waals surface area contributed by atoms with Gasteiger partial charge in [0.2, 0.25) is 15.9 Å². The smallest absolute Gasteiger partial charge is 0.330 e. The fraction of sp³-hybridized carbons (Fsp3) is 0.550. The number of aryl methyl sites for hydroxylation is 1. The van der Waals surface area contributed by atoms with E-state index >= 15 is 0 Å². The highest BCUT2D eigenvalue weighted by Gasteiger charge is 2.53. The molecule has 0 unspecified atom stereocenters. The van der Waals surface area contributed by atoms with Crippen molar-refractivity contribution in [1.29, 1.82) is 0 Å². The molecule has 1 amide bonds. The van der Waals surface area contributed by atoms with E-state index in [4.69, 9.17) is 4.74 Å². The van der Waals surface area contributed by atoms with Crippen LogP contribution in [0.4, 0.5) is 0 Å². The number of imidazole rings is 1. The molecule has 2 aliphatic heterocycles. The summed E-state index contributed by atoms with van der Waals surface area (Å²) in [6.45, 7) is 4.48. The molecule has 0 bridgehead atoms. The van der Waals surface area contributed by atoms with Gasteiger partial charge in [0.05, 0.1) is 20.8 Å². The summed E-state index contributed by atoms with van der Waals surface area (Å²) in [7, 11) is -0.619. The monoisotopic (exact) mass is 466 g/mol. The van der Waals surface area contributed by atoms with Crippen molar-refractivity contribution in [2.24, 2.45) is 0 Å². The van der Waals surface area contributed by atoms with Gasteiger partial charge in [0.15, 0.2) is 0 Å². The van der Waals surface area contributed by atoms with Gasteiger partial charge in [0, 0.05) is 32.8 Å². The number of hydrogen-bond acceptors (Lipinski definition) is 7. The molecule has 2 saturated heterocycles. The third-order valence-corrected chi connectivity index (χ3v) is 9.27. The first kappa shape index (κ1) is 22.1. The number of sulfonamides is 1. The maximum Gasteiger partial charge on any atom is 0.330 e. The van der Waals surface area contributed by atoms with Crippen LogP contribution in [0.25, 0.3) is 11.0 Å². The minimum atomic E-state index is -3.58. The third-order valence-electron chi connectivity index (χ3n) is 5.95. The van der Waals surface area contributed by atoms with E-state index in [0.717, 1.165) is 16.2 Å². The molecule has 0 saturated carbocycles. The Morgan fingerprint density at radius 1 is 1.39 bits per heavy atom. The largest absolute Gasteiger partial charge is 0.456 e. The molecule has 0 radical (unpaired) electrons. The van der Waals surface area contributed by atoms with E-state index in [1.807, 2.05) is 18.4 Å². The van der Waals surface area contributed by atoms with Crippen LogP contribution < -0.4 is 0 Å². The number of aromatic nitrogens is 2. The van der Waals surface area contributed by atoms with Gasteiger partial charge in [-0.05, 0) is 38.5 Å². The number of ether oxygens (including phenoxy) is 1. The quantitative estimate of drug-likeness (QED) is 0.598. The van der Waals surface area contributed by atoms with Crippen molar-refractivity contribution in [3.8, 4) is 0 Å². The van der Waals surface area contributed by atoms with Gasteiger partial charge < -0.3 is 14.2 Å². The fourth-order valence-corrected chi connectivity index (χ4v) is 6.56. The Morgan fingerprint density at radius 3 is 2.81 bits per heavy atom. The van der Waals surface area contributed by atoms with Crippen LogP contribution in [0.15, 0.2) is 23.1 Å². The zero-order chi connectivity index (χ0) is 22.6. The van der Waals surface area contributed by atoms with E-state index in [2.05, 4.69) is 4.98 Å². The van der Waals surface area contributed by atoms with Gasteiger partial charge in [0.25, 0.3) is 0 Å². The van der Waals surface area contributed by atoms with E-state index in [-0.39, 0.29) is 22.3 Å². The molecule has 2 fully saturated rings. The second-order valence-electron chi connectivity index (χ2n) is 8.08. The summed E-state index contributed by atoms with van der Waals surface area (Å²) in [5, 5.41) is 0. The molecule has 0 N–H and O–H groups in total. The van der Waals surface area contributed by atoms with Crippen molar-refractivity contribution in [1.82, 2.24) is 18.8 Å². The van der Waals surface area contributed by atoms with E-state index in [1.54, 1.807) is 28.8 Å². The van der Waals surface area contributed by atoms with E-state index in [0.29, 0.717) is 30.1 Å². The van der Waals surface area contributed by atoms with Crippen molar-refractivity contribution < 1.29 is 22.7 Å². The number of hydrogen-bond donors (Lipinski definition) is 0. The number of carbonyl (C=O) groups is 2. The molecule has 168 valence electrons. The zero-order valence-corrected chi connectivity index (χ0v) is 19.6. The van der Waals surface area contributed by atoms with Gasteiger partial charge in [-0.15, -0.1) is 11.8 Å². The number of nitrogens with zero attached hydrogens (tertiary/aromatic N) is 4. The van der Waals surface area contributed by atoms with Gasteiger partial charge in [0.1, 0.15) is 18.5 Å². The first-order valence-corrected chi connectivity index (χ1v) is 12.6. The highest BCUT2D eigenvalue weighted by molar-refractivity contribution is 8.01. The van der Waals surface area contributed by atoms with E-state index in [9.17, 15) is 18.0 Å². The summed E-state index contributed by atoms with van der Waals surface area (Å²) < 4.78 is 33.5. The van der Waals surface area contributed by atoms with Gasteiger partial charge in [-0.2, -0.15) is 0 Å². The van der Waals surface area contributed by atoms with Crippen molar-refractivity contribution in [2.75, 3.05) is 19.8 Å². The molecule has 2 aliphatic rings. The molecule has 4 rings (SSSR count). The second-order valence-corrected chi connectivity index (χ2v) is 11.7. The lowest BCUT2D eigenvalue weighted by atomic mass is 10.2. The lowest BCUT2D eigenvalue weighted by Crippen LogP contribution is -2.46. The molecule has 3 heterocycles. The molecular weight excluding hydrogens is 440 g/mol. The van der Waals surface area contributed by atoms with Gasteiger partial charge in [-0.3, -0.25) is 4.79 Å². The molecule has 0 spiro atoms. The lowest BCUT2D eigenvalue weighted by molar-refractivity contribution is -0.154. The number of benzene rings is 1. The average Bonchev–Trinajstić information content (AvgIpc) is 3.35. The van der Waals surface area contributed by atoms with Crippen molar-refractivity contribution in [3.05, 3.63) is 24.0 Å². The Balaban J connectivity index is 1.56. The predicted octanol–water partition coefficient (Wildman–Crippen LogP) is 1.80. The predicted molar refractivity (Wildman–Crippen MR) is 117 cm³/mol. The highest BCUT2D eigenvalue weighted by Crippen LogP contribution is 2.47. The lowest BCUT2D eigenvalue weighted by Gasteiger charge is -2.29. The number of carbonyl (C=O) groups excluding carboxylic acids is 2. The first-order valence-electron chi connectivity index (χ1n) is 10.1. The van der Waals surface area contributed by atoms with Crippen LogP contribution in [-0.2, 0) is 37.5 Å². The van der Waals surface area contributed by atoms with Crippen molar-refractivity contribution in [2.45, 2.75) is 55.6 Å². The summed E-state index contributed by atoms with van der Waals surface area (Å²) in [5.74, 6) is 0.616. The molecule has 2 atom stereocenters. The summed E-state index contributed by atoms with van der Waals surface area (Å²) >= 11 is 1.62. The van der Waals surface area contributed by atoms with Crippen molar-refractivity contribution >= 4 is 44.7 Å². The molecular formula is C20H26N4O5S2. The van der Waals surface area contributed by atoms with Crippen LogP contribution in [0.3, 0.4) is 0 Å². The van der Waals surface area contributed by atoms with Crippen LogP contribution in [0.2, 0.25) is 0 Å². The number of amides is 1. The van der Waals surface area contributed by atoms with Crippen LogP contribution in [0.5, 0.6) is 0 Å². The van der Waals surface area contributed by atoms with Crippen molar-refractivity contribution in [3.63, 3.8) is 0 Å². The summed E-state index contributed by atoms with van der Waals surface area (Å²) in [5.41, 5.74) is 1.29. The fourth-order valence-electron chi connectivity index (χ4n) is 4.22.